The molecular formula is C13H27N3O. The molecule has 0 aromatic carbocycles. The second-order valence-electron chi connectivity index (χ2n) is 5.28. The summed E-state index contributed by atoms with van der Waals surface area (Å²) in [5, 5.41) is 3.56. The van der Waals surface area contributed by atoms with Gasteiger partial charge in [-0.1, -0.05) is 6.42 Å². The van der Waals surface area contributed by atoms with E-state index in [1.54, 1.807) is 4.90 Å². The van der Waals surface area contributed by atoms with Gasteiger partial charge in [0.05, 0.1) is 0 Å². The number of piperidine rings is 1. The van der Waals surface area contributed by atoms with Gasteiger partial charge in [-0.05, 0) is 39.4 Å². The van der Waals surface area contributed by atoms with Crippen LogP contribution >= 0.6 is 0 Å². The zero-order valence-electron chi connectivity index (χ0n) is 11.5. The fourth-order valence-corrected chi connectivity index (χ4v) is 2.17. The van der Waals surface area contributed by atoms with E-state index in [1.807, 2.05) is 14.1 Å². The lowest BCUT2D eigenvalue weighted by Gasteiger charge is -2.26. The van der Waals surface area contributed by atoms with Gasteiger partial charge in [0.2, 0.25) is 5.91 Å². The van der Waals surface area contributed by atoms with Gasteiger partial charge in [0.1, 0.15) is 0 Å². The molecule has 1 unspecified atom stereocenters. The molecule has 1 heterocycles. The predicted molar refractivity (Wildman–Crippen MR) is 71.1 cm³/mol. The monoisotopic (exact) mass is 241 g/mol. The quantitative estimate of drug-likeness (QED) is 0.751. The van der Waals surface area contributed by atoms with Crippen LogP contribution in [-0.2, 0) is 4.79 Å². The average Bonchev–Trinajstić information content (AvgIpc) is 2.34. The number of rotatable bonds is 6. The minimum absolute atomic E-state index is 0.215. The Bertz CT molecular complexity index is 225. The molecule has 1 saturated heterocycles. The molecule has 0 bridgehead atoms. The number of amides is 1. The SMILES string of the molecule is CN(CCC(=O)N(C)C)CCC1CCCCN1. The molecule has 1 rings (SSSR count). The average molecular weight is 241 g/mol. The van der Waals surface area contributed by atoms with Crippen LogP contribution in [0.4, 0.5) is 0 Å². The molecule has 1 N–H and O–H groups in total. The topological polar surface area (TPSA) is 35.6 Å². The summed E-state index contributed by atoms with van der Waals surface area (Å²) in [6.07, 6.45) is 5.82. The minimum atomic E-state index is 0.215. The molecule has 1 fully saturated rings. The highest BCUT2D eigenvalue weighted by Gasteiger charge is 2.13. The molecule has 17 heavy (non-hydrogen) atoms. The molecule has 4 nitrogen and oxygen atoms in total. The summed E-state index contributed by atoms with van der Waals surface area (Å²) in [7, 11) is 5.73. The third-order valence-corrected chi connectivity index (χ3v) is 3.48. The van der Waals surface area contributed by atoms with E-state index < -0.39 is 0 Å². The Labute approximate surface area is 105 Å². The minimum Gasteiger partial charge on any atom is -0.349 e. The van der Waals surface area contributed by atoms with Crippen LogP contribution in [0, 0.1) is 0 Å². The number of nitrogens with one attached hydrogen (secondary N) is 1. The van der Waals surface area contributed by atoms with Crippen LogP contribution in [0.3, 0.4) is 0 Å². The first-order valence-electron chi connectivity index (χ1n) is 6.71. The maximum Gasteiger partial charge on any atom is 0.223 e. The second kappa shape index (κ2) is 7.67. The van der Waals surface area contributed by atoms with Crippen molar-refractivity contribution < 1.29 is 4.79 Å². The first-order chi connectivity index (χ1) is 8.09. The molecule has 0 aromatic heterocycles. The lowest BCUT2D eigenvalue weighted by atomic mass is 10.0. The Morgan fingerprint density at radius 2 is 2.00 bits per heavy atom. The summed E-state index contributed by atoms with van der Waals surface area (Å²) >= 11 is 0. The van der Waals surface area contributed by atoms with Crippen LogP contribution < -0.4 is 5.32 Å². The first kappa shape index (κ1) is 14.5. The highest BCUT2D eigenvalue weighted by molar-refractivity contribution is 5.75. The number of nitrogens with zero attached hydrogens (tertiary/aromatic N) is 2. The molecule has 0 saturated carbocycles. The Morgan fingerprint density at radius 1 is 1.24 bits per heavy atom. The molecule has 1 atom stereocenters. The van der Waals surface area contributed by atoms with E-state index in [0.717, 1.165) is 13.1 Å². The van der Waals surface area contributed by atoms with Gasteiger partial charge in [-0.3, -0.25) is 4.79 Å². The van der Waals surface area contributed by atoms with Crippen LogP contribution in [-0.4, -0.2) is 62.5 Å². The first-order valence-corrected chi connectivity index (χ1v) is 6.71. The zero-order valence-corrected chi connectivity index (χ0v) is 11.5. The van der Waals surface area contributed by atoms with Gasteiger partial charge in [-0.25, -0.2) is 0 Å². The number of carbonyl (C=O) groups is 1. The fraction of sp³-hybridized carbons (Fsp3) is 0.923. The summed E-state index contributed by atoms with van der Waals surface area (Å²) in [5.74, 6) is 0.215. The van der Waals surface area contributed by atoms with Gasteiger partial charge in [0, 0.05) is 33.1 Å². The van der Waals surface area contributed by atoms with E-state index in [4.69, 9.17) is 0 Å². The maximum absolute atomic E-state index is 11.4. The Hall–Kier alpha value is -0.610. The van der Waals surface area contributed by atoms with Crippen LogP contribution in [0.5, 0.6) is 0 Å². The summed E-state index contributed by atoms with van der Waals surface area (Å²) in [5.41, 5.74) is 0. The summed E-state index contributed by atoms with van der Waals surface area (Å²) in [6, 6.07) is 0.691. The maximum atomic E-state index is 11.4. The number of hydrogen-bond donors (Lipinski definition) is 1. The molecule has 0 radical (unpaired) electrons. The van der Waals surface area contributed by atoms with E-state index in [2.05, 4.69) is 17.3 Å². The van der Waals surface area contributed by atoms with Crippen molar-refractivity contribution in [2.45, 2.75) is 38.1 Å². The van der Waals surface area contributed by atoms with Crippen LogP contribution in [0.1, 0.15) is 32.1 Å². The largest absolute Gasteiger partial charge is 0.349 e. The number of carbonyl (C=O) groups excluding carboxylic acids is 1. The third-order valence-electron chi connectivity index (χ3n) is 3.48. The molecule has 1 aliphatic rings. The van der Waals surface area contributed by atoms with Gasteiger partial charge >= 0.3 is 0 Å². The van der Waals surface area contributed by atoms with Gasteiger partial charge in [0.25, 0.3) is 0 Å². The van der Waals surface area contributed by atoms with Crippen molar-refractivity contribution in [2.24, 2.45) is 0 Å². The summed E-state index contributed by atoms with van der Waals surface area (Å²) < 4.78 is 0. The van der Waals surface area contributed by atoms with Crippen LogP contribution in [0.2, 0.25) is 0 Å². The number of hydrogen-bond acceptors (Lipinski definition) is 3. The molecule has 1 amide bonds. The van der Waals surface area contributed by atoms with Crippen LogP contribution in [0.15, 0.2) is 0 Å². The molecule has 1 aliphatic heterocycles. The third kappa shape index (κ3) is 6.03. The molecule has 4 heteroatoms. The van der Waals surface area contributed by atoms with Crippen LogP contribution in [0.25, 0.3) is 0 Å². The Morgan fingerprint density at radius 3 is 2.59 bits per heavy atom. The molecule has 0 aromatic rings. The molecule has 100 valence electrons. The van der Waals surface area contributed by atoms with Crippen molar-refractivity contribution in [3.8, 4) is 0 Å². The second-order valence-corrected chi connectivity index (χ2v) is 5.28. The summed E-state index contributed by atoms with van der Waals surface area (Å²) in [6.45, 7) is 3.12. The normalized spacial score (nSPS) is 20.6. The van der Waals surface area contributed by atoms with E-state index in [1.165, 1.54) is 32.2 Å². The van der Waals surface area contributed by atoms with Crippen molar-refractivity contribution >= 4 is 5.91 Å². The van der Waals surface area contributed by atoms with Crippen molar-refractivity contribution in [2.75, 3.05) is 40.8 Å². The smallest absolute Gasteiger partial charge is 0.223 e. The van der Waals surface area contributed by atoms with Crippen molar-refractivity contribution in [3.63, 3.8) is 0 Å². The standard InChI is InChI=1S/C13H27N3O/c1-15(2)13(17)8-11-16(3)10-7-12-6-4-5-9-14-12/h12,14H,4-11H2,1-3H3. The van der Waals surface area contributed by atoms with Crippen molar-refractivity contribution in [3.05, 3.63) is 0 Å². The zero-order chi connectivity index (χ0) is 12.7. The molecule has 0 aliphatic carbocycles. The Kier molecular flexibility index (Phi) is 6.52. The van der Waals surface area contributed by atoms with E-state index >= 15 is 0 Å². The molecule has 0 spiro atoms. The van der Waals surface area contributed by atoms with E-state index in [-0.39, 0.29) is 5.91 Å². The molecular weight excluding hydrogens is 214 g/mol. The van der Waals surface area contributed by atoms with E-state index in [0.29, 0.717) is 12.5 Å². The van der Waals surface area contributed by atoms with Gasteiger partial charge in [0.15, 0.2) is 0 Å². The van der Waals surface area contributed by atoms with Gasteiger partial charge in [-0.15, -0.1) is 0 Å². The highest BCUT2D eigenvalue weighted by atomic mass is 16.2. The van der Waals surface area contributed by atoms with Crippen molar-refractivity contribution in [1.29, 1.82) is 0 Å². The van der Waals surface area contributed by atoms with Gasteiger partial charge in [-0.2, -0.15) is 0 Å². The van der Waals surface area contributed by atoms with E-state index in [9.17, 15) is 4.79 Å². The lowest BCUT2D eigenvalue weighted by Crippen LogP contribution is -2.37. The highest BCUT2D eigenvalue weighted by Crippen LogP contribution is 2.10. The Balaban J connectivity index is 2.07. The lowest BCUT2D eigenvalue weighted by molar-refractivity contribution is -0.128. The van der Waals surface area contributed by atoms with Gasteiger partial charge < -0.3 is 15.1 Å². The van der Waals surface area contributed by atoms with Crippen molar-refractivity contribution in [1.82, 2.24) is 15.1 Å². The summed E-state index contributed by atoms with van der Waals surface area (Å²) in [4.78, 5) is 15.4. The predicted octanol–water partition coefficient (Wildman–Crippen LogP) is 0.929. The fourth-order valence-electron chi connectivity index (χ4n) is 2.17.